The maximum Gasteiger partial charge on any atom is 0.249 e. The van der Waals surface area contributed by atoms with Crippen LogP contribution in [0.25, 0.3) is 0 Å². The van der Waals surface area contributed by atoms with Crippen LogP contribution in [0.4, 0.5) is 0 Å². The zero-order valence-corrected chi connectivity index (χ0v) is 33.1. The quantitative estimate of drug-likeness (QED) is 0.0360. The standard InChI is InChI=1S/C41H81NO10/c1-3-5-7-9-11-13-15-17-19-21-23-25-27-29-34(45)40(50)42-32(31-51-41-39(49)38(48)37(47)35(30-43)52-41)36(46)33(44)28-26-24-22-20-18-16-14-12-10-8-6-4-2/h32-39,41,43-49H,3-31H2,1-2H3,(H,42,50). The number of ether oxygens (including phenoxy) is 2. The molecule has 1 aliphatic heterocycles. The Bertz CT molecular complexity index is 820. The third-order valence-electron chi connectivity index (χ3n) is 10.7. The van der Waals surface area contributed by atoms with Crippen molar-refractivity contribution >= 4 is 5.91 Å². The predicted octanol–water partition coefficient (Wildman–Crippen LogP) is 5.94. The van der Waals surface area contributed by atoms with E-state index in [4.69, 9.17) is 9.47 Å². The summed E-state index contributed by atoms with van der Waals surface area (Å²) in [6.45, 7) is 3.42. The molecule has 1 aliphatic rings. The van der Waals surface area contributed by atoms with Crippen LogP contribution in [-0.4, -0.2) is 110 Å². The summed E-state index contributed by atoms with van der Waals surface area (Å²) in [6.07, 6.45) is 18.7. The van der Waals surface area contributed by atoms with E-state index >= 15 is 0 Å². The van der Waals surface area contributed by atoms with Crippen LogP contribution in [0, 0.1) is 0 Å². The lowest BCUT2D eigenvalue weighted by molar-refractivity contribution is -0.303. The molecule has 0 saturated carbocycles. The highest BCUT2D eigenvalue weighted by molar-refractivity contribution is 5.80. The summed E-state index contributed by atoms with van der Waals surface area (Å²) in [6, 6.07) is -1.16. The normalized spacial score (nSPS) is 23.0. The molecule has 0 aliphatic carbocycles. The molecule has 0 bridgehead atoms. The van der Waals surface area contributed by atoms with Gasteiger partial charge in [0.2, 0.25) is 5.91 Å². The molecular formula is C41H81NO10. The molecule has 9 atom stereocenters. The van der Waals surface area contributed by atoms with E-state index in [0.717, 1.165) is 38.5 Å². The van der Waals surface area contributed by atoms with Gasteiger partial charge in [0, 0.05) is 0 Å². The fraction of sp³-hybridized carbons (Fsp3) is 0.976. The van der Waals surface area contributed by atoms with Crippen molar-refractivity contribution in [2.24, 2.45) is 0 Å². The minimum atomic E-state index is -1.65. The lowest BCUT2D eigenvalue weighted by Crippen LogP contribution is -2.60. The van der Waals surface area contributed by atoms with E-state index in [-0.39, 0.29) is 6.42 Å². The highest BCUT2D eigenvalue weighted by Crippen LogP contribution is 2.23. The summed E-state index contributed by atoms with van der Waals surface area (Å²) in [5.74, 6) is -0.696. The topological polar surface area (TPSA) is 189 Å². The van der Waals surface area contributed by atoms with Crippen LogP contribution in [0.1, 0.15) is 187 Å². The first kappa shape index (κ1) is 49.1. The van der Waals surface area contributed by atoms with Crippen LogP contribution >= 0.6 is 0 Å². The second kappa shape index (κ2) is 32.4. The zero-order chi connectivity index (χ0) is 38.4. The Hall–Kier alpha value is -0.890. The number of nitrogens with one attached hydrogen (secondary N) is 1. The van der Waals surface area contributed by atoms with Crippen LogP contribution in [0.5, 0.6) is 0 Å². The number of aliphatic hydroxyl groups excluding tert-OH is 7. The number of hydrogen-bond donors (Lipinski definition) is 8. The molecule has 0 radical (unpaired) electrons. The van der Waals surface area contributed by atoms with Crippen molar-refractivity contribution in [1.82, 2.24) is 5.32 Å². The summed E-state index contributed by atoms with van der Waals surface area (Å²) in [5.41, 5.74) is 0. The Balaban J connectivity index is 2.51. The summed E-state index contributed by atoms with van der Waals surface area (Å²) in [7, 11) is 0. The first-order chi connectivity index (χ1) is 25.2. The molecule has 11 heteroatoms. The van der Waals surface area contributed by atoms with Gasteiger partial charge in [-0.1, -0.05) is 174 Å². The van der Waals surface area contributed by atoms with Crippen molar-refractivity contribution in [3.05, 3.63) is 0 Å². The van der Waals surface area contributed by atoms with Gasteiger partial charge >= 0.3 is 0 Å². The zero-order valence-electron chi connectivity index (χ0n) is 33.1. The van der Waals surface area contributed by atoms with Crippen LogP contribution in [0.15, 0.2) is 0 Å². The van der Waals surface area contributed by atoms with Crippen LogP contribution in [0.2, 0.25) is 0 Å². The molecule has 0 spiro atoms. The van der Waals surface area contributed by atoms with Crippen molar-refractivity contribution in [2.45, 2.75) is 242 Å². The molecule has 52 heavy (non-hydrogen) atoms. The number of carbonyl (C=O) groups is 1. The summed E-state index contributed by atoms with van der Waals surface area (Å²) < 4.78 is 11.1. The first-order valence-electron chi connectivity index (χ1n) is 21.4. The minimum absolute atomic E-state index is 0.265. The van der Waals surface area contributed by atoms with E-state index in [1.165, 1.54) is 109 Å². The second-order valence-electron chi connectivity index (χ2n) is 15.4. The Morgan fingerprint density at radius 2 is 1.00 bits per heavy atom. The van der Waals surface area contributed by atoms with E-state index < -0.39 is 74.2 Å². The Morgan fingerprint density at radius 3 is 1.42 bits per heavy atom. The SMILES string of the molecule is CCCCCCCCCCCCCCCC(O)C(=O)NC(COC1OC(CO)C(O)C(O)C1O)C(O)C(O)CCCCCCCCCCCCCC. The molecule has 310 valence electrons. The van der Waals surface area contributed by atoms with E-state index in [1.807, 2.05) is 0 Å². The minimum Gasteiger partial charge on any atom is -0.394 e. The molecule has 11 nitrogen and oxygen atoms in total. The van der Waals surface area contributed by atoms with E-state index in [0.29, 0.717) is 19.3 Å². The van der Waals surface area contributed by atoms with Gasteiger partial charge in [0.25, 0.3) is 0 Å². The lowest BCUT2D eigenvalue weighted by atomic mass is 9.98. The van der Waals surface area contributed by atoms with Crippen molar-refractivity contribution in [1.29, 1.82) is 0 Å². The molecule has 1 rings (SSSR count). The molecule has 0 aromatic carbocycles. The molecule has 9 unspecified atom stereocenters. The highest BCUT2D eigenvalue weighted by atomic mass is 16.7. The maximum absolute atomic E-state index is 13.0. The lowest BCUT2D eigenvalue weighted by Gasteiger charge is -2.40. The number of amides is 1. The van der Waals surface area contributed by atoms with Gasteiger partial charge in [-0.3, -0.25) is 4.79 Å². The average Bonchev–Trinajstić information content (AvgIpc) is 3.14. The predicted molar refractivity (Wildman–Crippen MR) is 206 cm³/mol. The fourth-order valence-corrected chi connectivity index (χ4v) is 7.03. The van der Waals surface area contributed by atoms with Crippen molar-refractivity contribution in [2.75, 3.05) is 13.2 Å². The van der Waals surface area contributed by atoms with Gasteiger partial charge < -0.3 is 50.5 Å². The first-order valence-corrected chi connectivity index (χ1v) is 21.4. The third-order valence-corrected chi connectivity index (χ3v) is 10.7. The summed E-state index contributed by atoms with van der Waals surface area (Å²) in [4.78, 5) is 13.0. The van der Waals surface area contributed by atoms with E-state index in [1.54, 1.807) is 0 Å². The molecule has 0 aromatic heterocycles. The molecule has 8 N–H and O–H groups in total. The Kier molecular flexibility index (Phi) is 30.6. The van der Waals surface area contributed by atoms with Gasteiger partial charge in [0.1, 0.15) is 36.6 Å². The van der Waals surface area contributed by atoms with Crippen LogP contribution in [-0.2, 0) is 14.3 Å². The van der Waals surface area contributed by atoms with Crippen LogP contribution < -0.4 is 5.32 Å². The largest absolute Gasteiger partial charge is 0.394 e. The molecule has 1 heterocycles. The molecule has 1 fully saturated rings. The average molecular weight is 748 g/mol. The highest BCUT2D eigenvalue weighted by Gasteiger charge is 2.44. The summed E-state index contributed by atoms with van der Waals surface area (Å²) >= 11 is 0. The van der Waals surface area contributed by atoms with Crippen molar-refractivity contribution in [3.63, 3.8) is 0 Å². The van der Waals surface area contributed by atoms with Gasteiger partial charge in [-0.2, -0.15) is 0 Å². The molecule has 1 saturated heterocycles. The van der Waals surface area contributed by atoms with Gasteiger partial charge in [-0.05, 0) is 12.8 Å². The number of hydrogen-bond acceptors (Lipinski definition) is 10. The monoisotopic (exact) mass is 748 g/mol. The number of carbonyl (C=O) groups excluding carboxylic acids is 1. The molecule has 1 amide bonds. The van der Waals surface area contributed by atoms with Gasteiger partial charge in [-0.15, -0.1) is 0 Å². The number of unbranched alkanes of at least 4 members (excludes halogenated alkanes) is 23. The van der Waals surface area contributed by atoms with Gasteiger partial charge in [-0.25, -0.2) is 0 Å². The second-order valence-corrected chi connectivity index (χ2v) is 15.4. The van der Waals surface area contributed by atoms with Gasteiger partial charge in [0.15, 0.2) is 6.29 Å². The maximum atomic E-state index is 13.0. The smallest absolute Gasteiger partial charge is 0.249 e. The third kappa shape index (κ3) is 22.5. The van der Waals surface area contributed by atoms with Crippen molar-refractivity contribution in [3.8, 4) is 0 Å². The fourth-order valence-electron chi connectivity index (χ4n) is 7.03. The van der Waals surface area contributed by atoms with E-state index in [2.05, 4.69) is 19.2 Å². The number of rotatable bonds is 35. The van der Waals surface area contributed by atoms with Gasteiger partial charge in [0.05, 0.1) is 25.4 Å². The summed E-state index contributed by atoms with van der Waals surface area (Å²) in [5, 5.41) is 75.4. The van der Waals surface area contributed by atoms with Crippen LogP contribution in [0.3, 0.4) is 0 Å². The Labute approximate surface area is 316 Å². The van der Waals surface area contributed by atoms with E-state index in [9.17, 15) is 40.5 Å². The molecular weight excluding hydrogens is 666 g/mol. The molecule has 0 aromatic rings. The van der Waals surface area contributed by atoms with Crippen molar-refractivity contribution < 1.29 is 50.0 Å². The number of aliphatic hydroxyl groups is 7. The Morgan fingerprint density at radius 1 is 0.596 bits per heavy atom.